The van der Waals surface area contributed by atoms with Crippen molar-refractivity contribution in [2.75, 3.05) is 31.6 Å². The van der Waals surface area contributed by atoms with Crippen molar-refractivity contribution in [3.63, 3.8) is 0 Å². The highest BCUT2D eigenvalue weighted by Gasteiger charge is 2.21. The molecule has 1 aliphatic heterocycles. The van der Waals surface area contributed by atoms with E-state index in [4.69, 9.17) is 16.3 Å². The number of alkyl halides is 1. The van der Waals surface area contributed by atoms with E-state index in [9.17, 15) is 0 Å². The first-order valence-electron chi connectivity index (χ1n) is 6.93. The molecular weight excluding hydrogens is 260 g/mol. The molecule has 0 aromatic heterocycles. The molecule has 0 aliphatic carbocycles. The van der Waals surface area contributed by atoms with Gasteiger partial charge in [-0.05, 0) is 31.5 Å². The summed E-state index contributed by atoms with van der Waals surface area (Å²) in [5, 5.41) is 3.43. The normalized spacial score (nSPS) is 20.7. The van der Waals surface area contributed by atoms with Crippen LogP contribution in [0.3, 0.4) is 0 Å². The number of anilines is 1. The molecule has 0 spiro atoms. The summed E-state index contributed by atoms with van der Waals surface area (Å²) in [7, 11) is 0. The molecule has 19 heavy (non-hydrogen) atoms. The van der Waals surface area contributed by atoms with Gasteiger partial charge >= 0.3 is 0 Å². The summed E-state index contributed by atoms with van der Waals surface area (Å²) in [5.74, 6) is 0.565. The molecule has 2 rings (SSSR count). The largest absolute Gasteiger partial charge is 0.382 e. The molecule has 1 unspecified atom stereocenters. The van der Waals surface area contributed by atoms with E-state index in [-0.39, 0.29) is 6.10 Å². The van der Waals surface area contributed by atoms with Crippen molar-refractivity contribution in [2.24, 2.45) is 0 Å². The summed E-state index contributed by atoms with van der Waals surface area (Å²) in [6.45, 7) is 8.20. The minimum atomic E-state index is 0.267. The molecule has 1 aromatic carbocycles. The Morgan fingerprint density at radius 3 is 2.74 bits per heavy atom. The van der Waals surface area contributed by atoms with Crippen LogP contribution in [-0.4, -0.2) is 43.3 Å². The molecule has 1 saturated heterocycles. The van der Waals surface area contributed by atoms with Crippen molar-refractivity contribution in [1.82, 2.24) is 4.90 Å². The molecule has 1 aromatic rings. The summed E-state index contributed by atoms with van der Waals surface area (Å²) in [6.07, 6.45) is 0.267. The van der Waals surface area contributed by atoms with Gasteiger partial charge in [-0.3, -0.25) is 4.90 Å². The van der Waals surface area contributed by atoms with E-state index in [0.29, 0.717) is 11.9 Å². The van der Waals surface area contributed by atoms with E-state index in [1.165, 1.54) is 0 Å². The van der Waals surface area contributed by atoms with Gasteiger partial charge in [0.15, 0.2) is 0 Å². The quantitative estimate of drug-likeness (QED) is 0.841. The van der Waals surface area contributed by atoms with Crippen LogP contribution in [0.15, 0.2) is 24.3 Å². The first-order chi connectivity index (χ1) is 9.19. The molecule has 1 fully saturated rings. The lowest BCUT2D eigenvalue weighted by atomic mass is 10.2. The van der Waals surface area contributed by atoms with E-state index in [2.05, 4.69) is 48.3 Å². The van der Waals surface area contributed by atoms with Crippen molar-refractivity contribution in [1.29, 1.82) is 0 Å². The number of benzene rings is 1. The molecule has 0 amide bonds. The molecule has 1 N–H and O–H groups in total. The van der Waals surface area contributed by atoms with Gasteiger partial charge < -0.3 is 10.1 Å². The highest BCUT2D eigenvalue weighted by atomic mass is 35.5. The number of nitrogens with one attached hydrogen (secondary N) is 1. The highest BCUT2D eigenvalue weighted by Crippen LogP contribution is 2.13. The summed E-state index contributed by atoms with van der Waals surface area (Å²) in [6, 6.07) is 8.84. The Labute approximate surface area is 120 Å². The van der Waals surface area contributed by atoms with Gasteiger partial charge in [-0.15, -0.1) is 11.6 Å². The van der Waals surface area contributed by atoms with Gasteiger partial charge in [0.2, 0.25) is 0 Å². The Morgan fingerprint density at radius 1 is 1.37 bits per heavy atom. The molecule has 4 heteroatoms. The lowest BCUT2D eigenvalue weighted by molar-refractivity contribution is -0.0315. The minimum Gasteiger partial charge on any atom is -0.382 e. The topological polar surface area (TPSA) is 24.5 Å². The van der Waals surface area contributed by atoms with Gasteiger partial charge in [0, 0.05) is 37.2 Å². The molecule has 106 valence electrons. The zero-order chi connectivity index (χ0) is 13.7. The number of morpholine rings is 1. The van der Waals surface area contributed by atoms with Crippen molar-refractivity contribution in [2.45, 2.75) is 31.9 Å². The van der Waals surface area contributed by atoms with Crippen LogP contribution >= 0.6 is 11.6 Å². The lowest BCUT2D eigenvalue weighted by Gasteiger charge is -2.35. The average molecular weight is 283 g/mol. The standard InChI is InChI=1S/C15H23ClN2O/c1-12(2)18-7-8-19-15(11-18)10-17-14-5-3-13(9-16)4-6-14/h3-6,12,15,17H,7-11H2,1-2H3. The first-order valence-corrected chi connectivity index (χ1v) is 7.47. The van der Waals surface area contributed by atoms with Crippen molar-refractivity contribution < 1.29 is 4.74 Å². The summed E-state index contributed by atoms with van der Waals surface area (Å²) >= 11 is 5.78. The van der Waals surface area contributed by atoms with Crippen LogP contribution in [0, 0.1) is 0 Å². The number of nitrogens with zero attached hydrogens (tertiary/aromatic N) is 1. The van der Waals surface area contributed by atoms with Gasteiger partial charge in [0.05, 0.1) is 12.7 Å². The van der Waals surface area contributed by atoms with Crippen LogP contribution in [-0.2, 0) is 10.6 Å². The van der Waals surface area contributed by atoms with Gasteiger partial charge in [0.1, 0.15) is 0 Å². The van der Waals surface area contributed by atoms with Gasteiger partial charge in [-0.25, -0.2) is 0 Å². The zero-order valence-electron chi connectivity index (χ0n) is 11.7. The molecule has 0 radical (unpaired) electrons. The summed E-state index contributed by atoms with van der Waals surface area (Å²) in [5.41, 5.74) is 2.27. The maximum Gasteiger partial charge on any atom is 0.0874 e. The predicted octanol–water partition coefficient (Wildman–Crippen LogP) is 2.95. The van der Waals surface area contributed by atoms with Crippen LogP contribution in [0.25, 0.3) is 0 Å². The molecule has 1 aliphatic rings. The molecule has 0 bridgehead atoms. The fourth-order valence-corrected chi connectivity index (χ4v) is 2.46. The number of hydrogen-bond acceptors (Lipinski definition) is 3. The Morgan fingerprint density at radius 2 is 2.11 bits per heavy atom. The lowest BCUT2D eigenvalue weighted by Crippen LogP contribution is -2.48. The Hall–Kier alpha value is -0.770. The zero-order valence-corrected chi connectivity index (χ0v) is 12.5. The van der Waals surface area contributed by atoms with E-state index in [0.717, 1.165) is 37.5 Å². The van der Waals surface area contributed by atoms with E-state index in [1.807, 2.05) is 0 Å². The van der Waals surface area contributed by atoms with E-state index in [1.54, 1.807) is 0 Å². The smallest absolute Gasteiger partial charge is 0.0874 e. The molecule has 3 nitrogen and oxygen atoms in total. The SMILES string of the molecule is CC(C)N1CCOC(CNc2ccc(CCl)cc2)C1. The third kappa shape index (κ3) is 4.37. The first kappa shape index (κ1) is 14.6. The number of hydrogen-bond donors (Lipinski definition) is 1. The number of ether oxygens (including phenoxy) is 1. The second kappa shape index (κ2) is 7.13. The summed E-state index contributed by atoms with van der Waals surface area (Å²) in [4.78, 5) is 2.46. The Kier molecular flexibility index (Phi) is 5.49. The van der Waals surface area contributed by atoms with Crippen molar-refractivity contribution in [3.05, 3.63) is 29.8 Å². The maximum absolute atomic E-state index is 5.80. The van der Waals surface area contributed by atoms with Crippen LogP contribution in [0.2, 0.25) is 0 Å². The maximum atomic E-state index is 5.80. The fraction of sp³-hybridized carbons (Fsp3) is 0.600. The van der Waals surface area contributed by atoms with Crippen molar-refractivity contribution >= 4 is 17.3 Å². The predicted molar refractivity (Wildman–Crippen MR) is 80.9 cm³/mol. The Bertz CT molecular complexity index is 380. The van der Waals surface area contributed by atoms with Crippen LogP contribution in [0.4, 0.5) is 5.69 Å². The van der Waals surface area contributed by atoms with Gasteiger partial charge in [-0.2, -0.15) is 0 Å². The molecule has 1 heterocycles. The molecule has 0 saturated carbocycles. The third-order valence-corrected chi connectivity index (χ3v) is 3.85. The van der Waals surface area contributed by atoms with Crippen LogP contribution in [0.5, 0.6) is 0 Å². The highest BCUT2D eigenvalue weighted by molar-refractivity contribution is 6.17. The second-order valence-corrected chi connectivity index (χ2v) is 5.56. The Balaban J connectivity index is 1.80. The van der Waals surface area contributed by atoms with Crippen LogP contribution < -0.4 is 5.32 Å². The van der Waals surface area contributed by atoms with E-state index >= 15 is 0 Å². The monoisotopic (exact) mass is 282 g/mol. The van der Waals surface area contributed by atoms with Gasteiger partial charge in [-0.1, -0.05) is 12.1 Å². The van der Waals surface area contributed by atoms with E-state index < -0.39 is 0 Å². The molecular formula is C15H23ClN2O. The van der Waals surface area contributed by atoms with Crippen molar-refractivity contribution in [3.8, 4) is 0 Å². The van der Waals surface area contributed by atoms with Gasteiger partial charge in [0.25, 0.3) is 0 Å². The third-order valence-electron chi connectivity index (χ3n) is 3.54. The number of rotatable bonds is 5. The second-order valence-electron chi connectivity index (χ2n) is 5.29. The fourth-order valence-electron chi connectivity index (χ4n) is 2.28. The minimum absolute atomic E-state index is 0.267. The van der Waals surface area contributed by atoms with Crippen LogP contribution in [0.1, 0.15) is 19.4 Å². The average Bonchev–Trinajstić information content (AvgIpc) is 2.46. The summed E-state index contributed by atoms with van der Waals surface area (Å²) < 4.78 is 5.80. The number of halogens is 1. The molecule has 1 atom stereocenters.